The van der Waals surface area contributed by atoms with Crippen LogP contribution in [0, 0.1) is 0 Å². The molecule has 0 fully saturated rings. The molecule has 1 aromatic rings. The molecule has 1 unspecified atom stereocenters. The van der Waals surface area contributed by atoms with E-state index in [1.807, 2.05) is 31.2 Å². The Morgan fingerprint density at radius 2 is 1.79 bits per heavy atom. The van der Waals surface area contributed by atoms with Gasteiger partial charge in [-0.2, -0.15) is 0 Å². The number of nitrogens with one attached hydrogen (secondary N) is 1. The van der Waals surface area contributed by atoms with Gasteiger partial charge in [-0.15, -0.1) is 12.4 Å². The largest absolute Gasteiger partial charge is 0.497 e. The number of halogens is 1. The van der Waals surface area contributed by atoms with Crippen LogP contribution in [0.1, 0.15) is 13.8 Å². The number of hydrogen-bond acceptors (Lipinski definition) is 4. The first kappa shape index (κ1) is 17.5. The van der Waals surface area contributed by atoms with Crippen LogP contribution in [0.25, 0.3) is 0 Å². The summed E-state index contributed by atoms with van der Waals surface area (Å²) in [6.45, 7) is 3.95. The molecule has 108 valence electrons. The number of carbonyl (C=O) groups is 1. The number of rotatable bonds is 6. The van der Waals surface area contributed by atoms with Crippen molar-refractivity contribution in [1.82, 2.24) is 5.32 Å². The van der Waals surface area contributed by atoms with E-state index in [2.05, 4.69) is 5.32 Å². The Balaban J connectivity index is 0.00000324. The van der Waals surface area contributed by atoms with E-state index in [0.717, 1.165) is 11.5 Å². The third-order valence-corrected chi connectivity index (χ3v) is 2.37. The van der Waals surface area contributed by atoms with Gasteiger partial charge in [-0.3, -0.25) is 4.79 Å². The number of ether oxygens (including phenoxy) is 2. The predicted octanol–water partition coefficient (Wildman–Crippen LogP) is 1.35. The molecule has 0 aliphatic rings. The number of nitrogens with two attached hydrogens (primary N) is 1. The summed E-state index contributed by atoms with van der Waals surface area (Å²) < 4.78 is 10.7. The summed E-state index contributed by atoms with van der Waals surface area (Å²) in [5.74, 6) is 1.33. The standard InChI is InChI=1S/C13H20N2O3.ClH/c1-9(8-15-13(16)10(2)14)18-12-6-4-11(17-3)5-7-12;/h4-7,9-10H,8,14H2,1-3H3,(H,15,16);1H/t9?,10-;/m0./s1. The first-order valence-corrected chi connectivity index (χ1v) is 5.87. The van der Waals surface area contributed by atoms with Crippen LogP contribution >= 0.6 is 12.4 Å². The predicted molar refractivity (Wildman–Crippen MR) is 77.0 cm³/mol. The van der Waals surface area contributed by atoms with Gasteiger partial charge in [0.25, 0.3) is 0 Å². The van der Waals surface area contributed by atoms with E-state index < -0.39 is 6.04 Å². The molecule has 1 amide bonds. The van der Waals surface area contributed by atoms with E-state index in [4.69, 9.17) is 15.2 Å². The van der Waals surface area contributed by atoms with Gasteiger partial charge >= 0.3 is 0 Å². The van der Waals surface area contributed by atoms with Crippen LogP contribution < -0.4 is 20.5 Å². The Morgan fingerprint density at radius 3 is 2.26 bits per heavy atom. The highest BCUT2D eigenvalue weighted by atomic mass is 35.5. The van der Waals surface area contributed by atoms with E-state index >= 15 is 0 Å². The van der Waals surface area contributed by atoms with E-state index in [0.29, 0.717) is 6.54 Å². The molecule has 0 bridgehead atoms. The van der Waals surface area contributed by atoms with Crippen molar-refractivity contribution in [2.45, 2.75) is 26.0 Å². The van der Waals surface area contributed by atoms with Crippen LogP contribution in [-0.2, 0) is 4.79 Å². The van der Waals surface area contributed by atoms with Crippen LogP contribution in [0.5, 0.6) is 11.5 Å². The van der Waals surface area contributed by atoms with E-state index in [-0.39, 0.29) is 24.4 Å². The Bertz CT molecular complexity index is 382. The summed E-state index contributed by atoms with van der Waals surface area (Å²) >= 11 is 0. The Hall–Kier alpha value is -1.46. The number of hydrogen-bond donors (Lipinski definition) is 2. The van der Waals surface area contributed by atoms with Crippen molar-refractivity contribution >= 4 is 18.3 Å². The molecule has 0 aliphatic heterocycles. The molecule has 1 aromatic carbocycles. The molecular weight excluding hydrogens is 268 g/mol. The van der Waals surface area contributed by atoms with E-state index in [1.54, 1.807) is 14.0 Å². The van der Waals surface area contributed by atoms with Crippen molar-refractivity contribution < 1.29 is 14.3 Å². The molecule has 0 spiro atoms. The summed E-state index contributed by atoms with van der Waals surface area (Å²) in [6, 6.07) is 6.79. The summed E-state index contributed by atoms with van der Waals surface area (Å²) in [5.41, 5.74) is 5.44. The number of amides is 1. The lowest BCUT2D eigenvalue weighted by atomic mass is 10.3. The normalized spacial score (nSPS) is 12.8. The van der Waals surface area contributed by atoms with Gasteiger partial charge in [0.15, 0.2) is 0 Å². The van der Waals surface area contributed by atoms with Crippen LogP contribution in [0.4, 0.5) is 0 Å². The maximum Gasteiger partial charge on any atom is 0.236 e. The average Bonchev–Trinajstić information content (AvgIpc) is 2.36. The fourth-order valence-electron chi connectivity index (χ4n) is 1.33. The second-order valence-electron chi connectivity index (χ2n) is 4.14. The molecule has 0 saturated heterocycles. The van der Waals surface area contributed by atoms with Crippen molar-refractivity contribution in [3.8, 4) is 11.5 Å². The van der Waals surface area contributed by atoms with Crippen molar-refractivity contribution in [3.05, 3.63) is 24.3 Å². The van der Waals surface area contributed by atoms with E-state index in [1.165, 1.54) is 0 Å². The molecule has 0 saturated carbocycles. The zero-order chi connectivity index (χ0) is 13.5. The lowest BCUT2D eigenvalue weighted by Crippen LogP contribution is -2.42. The molecule has 2 atom stereocenters. The maximum absolute atomic E-state index is 11.3. The fourth-order valence-corrected chi connectivity index (χ4v) is 1.33. The maximum atomic E-state index is 11.3. The first-order chi connectivity index (χ1) is 8.52. The monoisotopic (exact) mass is 288 g/mol. The second kappa shape index (κ2) is 8.61. The van der Waals surface area contributed by atoms with E-state index in [9.17, 15) is 4.79 Å². The summed E-state index contributed by atoms with van der Waals surface area (Å²) in [5, 5.41) is 2.71. The highest BCUT2D eigenvalue weighted by molar-refractivity contribution is 5.85. The highest BCUT2D eigenvalue weighted by Crippen LogP contribution is 2.17. The molecule has 5 nitrogen and oxygen atoms in total. The zero-order valence-electron chi connectivity index (χ0n) is 11.4. The third kappa shape index (κ3) is 6.31. The Morgan fingerprint density at radius 1 is 1.26 bits per heavy atom. The minimum atomic E-state index is -0.502. The van der Waals surface area contributed by atoms with Crippen molar-refractivity contribution in [3.63, 3.8) is 0 Å². The van der Waals surface area contributed by atoms with Gasteiger partial charge in [0.05, 0.1) is 19.7 Å². The molecule has 0 aliphatic carbocycles. The molecular formula is C13H21ClN2O3. The molecule has 19 heavy (non-hydrogen) atoms. The number of benzene rings is 1. The Labute approximate surface area is 119 Å². The van der Waals surface area contributed by atoms with Crippen molar-refractivity contribution in [2.75, 3.05) is 13.7 Å². The number of methoxy groups -OCH3 is 1. The van der Waals surface area contributed by atoms with Gasteiger partial charge in [-0.05, 0) is 38.1 Å². The van der Waals surface area contributed by atoms with Crippen LogP contribution in [0.2, 0.25) is 0 Å². The lowest BCUT2D eigenvalue weighted by molar-refractivity contribution is -0.122. The first-order valence-electron chi connectivity index (χ1n) is 5.87. The molecule has 0 radical (unpaired) electrons. The summed E-state index contributed by atoms with van der Waals surface area (Å²) in [4.78, 5) is 11.3. The summed E-state index contributed by atoms with van der Waals surface area (Å²) in [7, 11) is 1.61. The second-order valence-corrected chi connectivity index (χ2v) is 4.14. The van der Waals surface area contributed by atoms with Gasteiger partial charge in [-0.25, -0.2) is 0 Å². The minimum absolute atomic E-state index is 0. The Kier molecular flexibility index (Phi) is 7.95. The van der Waals surface area contributed by atoms with Crippen molar-refractivity contribution in [1.29, 1.82) is 0 Å². The zero-order valence-corrected chi connectivity index (χ0v) is 12.2. The topological polar surface area (TPSA) is 73.6 Å². The quantitative estimate of drug-likeness (QED) is 0.829. The van der Waals surface area contributed by atoms with Crippen LogP contribution in [-0.4, -0.2) is 31.7 Å². The van der Waals surface area contributed by atoms with Crippen LogP contribution in [0.15, 0.2) is 24.3 Å². The highest BCUT2D eigenvalue weighted by Gasteiger charge is 2.09. The smallest absolute Gasteiger partial charge is 0.236 e. The lowest BCUT2D eigenvalue weighted by Gasteiger charge is -2.16. The molecule has 1 rings (SSSR count). The van der Waals surface area contributed by atoms with Gasteiger partial charge in [-0.1, -0.05) is 0 Å². The SMILES string of the molecule is COc1ccc(OC(C)CNC(=O)[C@H](C)N)cc1.Cl. The van der Waals surface area contributed by atoms with Gasteiger partial charge in [0.2, 0.25) is 5.91 Å². The average molecular weight is 289 g/mol. The van der Waals surface area contributed by atoms with Crippen molar-refractivity contribution in [2.24, 2.45) is 5.73 Å². The summed E-state index contributed by atoms with van der Waals surface area (Å²) in [6.07, 6.45) is -0.124. The molecule has 0 aromatic heterocycles. The van der Waals surface area contributed by atoms with Crippen LogP contribution in [0.3, 0.4) is 0 Å². The minimum Gasteiger partial charge on any atom is -0.497 e. The van der Waals surface area contributed by atoms with Gasteiger partial charge < -0.3 is 20.5 Å². The van der Waals surface area contributed by atoms with Gasteiger partial charge in [0.1, 0.15) is 17.6 Å². The molecule has 6 heteroatoms. The molecule has 3 N–H and O–H groups in total. The third-order valence-electron chi connectivity index (χ3n) is 2.37. The number of carbonyl (C=O) groups excluding carboxylic acids is 1. The molecule has 0 heterocycles. The fraction of sp³-hybridized carbons (Fsp3) is 0.462. The van der Waals surface area contributed by atoms with Gasteiger partial charge in [0, 0.05) is 0 Å².